The van der Waals surface area contributed by atoms with Crippen molar-refractivity contribution in [3.05, 3.63) is 52.6 Å². The number of benzene rings is 1. The number of rotatable bonds is 2. The number of aliphatic hydroxyl groups is 1. The molecule has 2 N–H and O–H groups in total. The molecule has 3 heteroatoms. The van der Waals surface area contributed by atoms with Crippen LogP contribution in [0.4, 0.5) is 5.69 Å². The van der Waals surface area contributed by atoms with Gasteiger partial charge in [-0.25, -0.2) is 0 Å². The van der Waals surface area contributed by atoms with Gasteiger partial charge in [-0.2, -0.15) is 0 Å². The summed E-state index contributed by atoms with van der Waals surface area (Å²) in [5.74, 6) is 7.74. The Labute approximate surface area is 186 Å². The maximum Gasteiger partial charge on any atom is 0.156 e. The number of allylic oxidation sites excluding steroid dienone is 4. The number of carbonyl (C=O) groups excluding carboxylic acids is 1. The molecule has 3 nitrogen and oxygen atoms in total. The predicted octanol–water partition coefficient (Wildman–Crippen LogP) is 5.38. The second-order valence-electron chi connectivity index (χ2n) is 10.1. The first-order chi connectivity index (χ1) is 14.9. The first-order valence-corrected chi connectivity index (χ1v) is 11.8. The Morgan fingerprint density at radius 2 is 1.90 bits per heavy atom. The van der Waals surface area contributed by atoms with E-state index in [9.17, 15) is 9.90 Å². The molecule has 0 saturated heterocycles. The second kappa shape index (κ2) is 7.38. The SMILES string of the molecule is CC#C[C@]1(O)CC[C@H]2[C@@H]3CCC4=CC(=O)CCC4=C3C(c3ccc(NC)cc3)C[C@@]21C. The third-order valence-corrected chi connectivity index (χ3v) is 8.82. The van der Waals surface area contributed by atoms with E-state index in [0.29, 0.717) is 18.3 Å². The first kappa shape index (κ1) is 20.6. The molecule has 0 heterocycles. The molecule has 31 heavy (non-hydrogen) atoms. The molecule has 0 amide bonds. The standard InChI is InChI=1S/C28H33NO2/c1-4-14-28(31)15-13-25-23-11-7-19-16-21(30)10-12-22(19)26(23)24(17-27(25,28)2)18-5-8-20(29-3)9-6-18/h5-6,8-9,16,23-25,29,31H,7,10-13,15,17H2,1-3H3/t23-,24?,25-,27-,28-/m0/s1. The minimum atomic E-state index is -0.912. The molecule has 0 spiro atoms. The maximum atomic E-state index is 12.1. The van der Waals surface area contributed by atoms with E-state index in [2.05, 4.69) is 48.3 Å². The molecule has 0 bridgehead atoms. The molecule has 0 radical (unpaired) electrons. The van der Waals surface area contributed by atoms with E-state index in [0.717, 1.165) is 44.2 Å². The van der Waals surface area contributed by atoms with Crippen LogP contribution in [0.2, 0.25) is 0 Å². The third kappa shape index (κ3) is 3.03. The molecule has 2 fully saturated rings. The lowest BCUT2D eigenvalue weighted by Gasteiger charge is -2.53. The Morgan fingerprint density at radius 3 is 2.61 bits per heavy atom. The largest absolute Gasteiger partial charge is 0.388 e. The normalized spacial score (nSPS) is 36.6. The quantitative estimate of drug-likeness (QED) is 0.638. The van der Waals surface area contributed by atoms with Crippen molar-refractivity contribution in [1.82, 2.24) is 0 Å². The zero-order chi connectivity index (χ0) is 21.8. The van der Waals surface area contributed by atoms with Crippen molar-refractivity contribution in [3.8, 4) is 11.8 Å². The molecule has 1 unspecified atom stereocenters. The van der Waals surface area contributed by atoms with E-state index in [1.807, 2.05) is 20.0 Å². The third-order valence-electron chi connectivity index (χ3n) is 8.82. The van der Waals surface area contributed by atoms with Crippen molar-refractivity contribution in [2.45, 2.75) is 70.3 Å². The van der Waals surface area contributed by atoms with Crippen LogP contribution >= 0.6 is 0 Å². The van der Waals surface area contributed by atoms with Gasteiger partial charge < -0.3 is 10.4 Å². The number of anilines is 1. The topological polar surface area (TPSA) is 49.3 Å². The van der Waals surface area contributed by atoms with E-state index in [4.69, 9.17) is 0 Å². The van der Waals surface area contributed by atoms with Gasteiger partial charge in [-0.05, 0) is 92.2 Å². The van der Waals surface area contributed by atoms with Crippen molar-refractivity contribution in [1.29, 1.82) is 0 Å². The van der Waals surface area contributed by atoms with Gasteiger partial charge >= 0.3 is 0 Å². The molecule has 0 aliphatic heterocycles. The van der Waals surface area contributed by atoms with Gasteiger partial charge in [0.1, 0.15) is 5.60 Å². The summed E-state index contributed by atoms with van der Waals surface area (Å²) < 4.78 is 0. The minimum absolute atomic E-state index is 0.219. The highest BCUT2D eigenvalue weighted by atomic mass is 16.3. The Bertz CT molecular complexity index is 1040. The molecule has 2 saturated carbocycles. The van der Waals surface area contributed by atoms with E-state index < -0.39 is 5.60 Å². The fourth-order valence-corrected chi connectivity index (χ4v) is 7.26. The molecular formula is C28H33NO2. The zero-order valence-corrected chi connectivity index (χ0v) is 18.9. The van der Waals surface area contributed by atoms with Crippen LogP contribution in [0.3, 0.4) is 0 Å². The fraction of sp³-hybridized carbons (Fsp3) is 0.536. The fourth-order valence-electron chi connectivity index (χ4n) is 7.26. The Morgan fingerprint density at radius 1 is 1.13 bits per heavy atom. The molecule has 5 atom stereocenters. The Balaban J connectivity index is 1.68. The van der Waals surface area contributed by atoms with Gasteiger partial charge in [0.15, 0.2) is 5.78 Å². The number of nitrogens with one attached hydrogen (secondary N) is 1. The summed E-state index contributed by atoms with van der Waals surface area (Å²) >= 11 is 0. The van der Waals surface area contributed by atoms with Gasteiger partial charge in [-0.1, -0.05) is 30.6 Å². The van der Waals surface area contributed by atoms with Crippen LogP contribution in [0.5, 0.6) is 0 Å². The van der Waals surface area contributed by atoms with Crippen LogP contribution in [0.1, 0.15) is 70.3 Å². The summed E-state index contributed by atoms with van der Waals surface area (Å²) in [6.45, 7) is 4.14. The molecule has 5 rings (SSSR count). The Hall–Kier alpha value is -2.31. The van der Waals surface area contributed by atoms with Gasteiger partial charge in [-0.3, -0.25) is 4.79 Å². The van der Waals surface area contributed by atoms with Gasteiger partial charge in [0.2, 0.25) is 0 Å². The summed E-state index contributed by atoms with van der Waals surface area (Å²) in [7, 11) is 1.95. The second-order valence-corrected chi connectivity index (χ2v) is 10.1. The summed E-state index contributed by atoms with van der Waals surface area (Å²) in [4.78, 5) is 12.1. The average Bonchev–Trinajstić information content (AvgIpc) is 3.03. The predicted molar refractivity (Wildman–Crippen MR) is 125 cm³/mol. The highest BCUT2D eigenvalue weighted by molar-refractivity contribution is 5.93. The minimum Gasteiger partial charge on any atom is -0.388 e. The number of hydrogen-bond donors (Lipinski definition) is 2. The molecule has 0 aromatic heterocycles. The van der Waals surface area contributed by atoms with Crippen LogP contribution in [-0.4, -0.2) is 23.5 Å². The summed E-state index contributed by atoms with van der Waals surface area (Å²) in [5.41, 5.74) is 5.61. The highest BCUT2D eigenvalue weighted by Crippen LogP contribution is 2.66. The summed E-state index contributed by atoms with van der Waals surface area (Å²) in [6, 6.07) is 8.80. The van der Waals surface area contributed by atoms with Crippen molar-refractivity contribution in [2.75, 3.05) is 12.4 Å². The van der Waals surface area contributed by atoms with Crippen LogP contribution < -0.4 is 5.32 Å². The van der Waals surface area contributed by atoms with Crippen LogP contribution in [0, 0.1) is 29.1 Å². The van der Waals surface area contributed by atoms with Crippen LogP contribution in [0.15, 0.2) is 47.1 Å². The van der Waals surface area contributed by atoms with Crippen molar-refractivity contribution in [3.63, 3.8) is 0 Å². The van der Waals surface area contributed by atoms with Crippen molar-refractivity contribution >= 4 is 11.5 Å². The number of carbonyl (C=O) groups is 1. The number of ketones is 1. The molecule has 4 aliphatic rings. The van der Waals surface area contributed by atoms with Gasteiger partial charge in [0.05, 0.1) is 0 Å². The Kier molecular flexibility index (Phi) is 4.90. The van der Waals surface area contributed by atoms with Crippen LogP contribution in [0.25, 0.3) is 0 Å². The van der Waals surface area contributed by atoms with Gasteiger partial charge in [0.25, 0.3) is 0 Å². The summed E-state index contributed by atoms with van der Waals surface area (Å²) in [6.07, 6.45) is 8.22. The number of hydrogen-bond acceptors (Lipinski definition) is 3. The molecule has 1 aromatic rings. The average molecular weight is 416 g/mol. The molecule has 4 aliphatic carbocycles. The molecule has 1 aromatic carbocycles. The first-order valence-electron chi connectivity index (χ1n) is 11.8. The smallest absolute Gasteiger partial charge is 0.156 e. The van der Waals surface area contributed by atoms with E-state index in [1.54, 1.807) is 5.57 Å². The van der Waals surface area contributed by atoms with E-state index in [1.165, 1.54) is 16.7 Å². The lowest BCUT2D eigenvalue weighted by molar-refractivity contribution is -0.114. The lowest BCUT2D eigenvalue weighted by Crippen LogP contribution is -2.51. The lowest BCUT2D eigenvalue weighted by atomic mass is 9.51. The van der Waals surface area contributed by atoms with Crippen LogP contribution in [-0.2, 0) is 4.79 Å². The molecular weight excluding hydrogens is 382 g/mol. The van der Waals surface area contributed by atoms with Crippen molar-refractivity contribution < 1.29 is 9.90 Å². The summed E-state index contributed by atoms with van der Waals surface area (Å²) in [5, 5.41) is 14.9. The highest BCUT2D eigenvalue weighted by Gasteiger charge is 2.62. The van der Waals surface area contributed by atoms with E-state index >= 15 is 0 Å². The number of fused-ring (bicyclic) bond motifs is 4. The van der Waals surface area contributed by atoms with Crippen molar-refractivity contribution in [2.24, 2.45) is 17.3 Å². The van der Waals surface area contributed by atoms with Gasteiger partial charge in [-0.15, -0.1) is 5.92 Å². The monoisotopic (exact) mass is 415 g/mol. The van der Waals surface area contributed by atoms with E-state index in [-0.39, 0.29) is 17.1 Å². The zero-order valence-electron chi connectivity index (χ0n) is 18.9. The maximum absolute atomic E-state index is 12.1. The molecule has 162 valence electrons. The van der Waals surface area contributed by atoms with Gasteiger partial charge in [0, 0.05) is 30.5 Å².